The van der Waals surface area contributed by atoms with E-state index in [1.165, 1.54) is 11.1 Å². The van der Waals surface area contributed by atoms with Crippen molar-refractivity contribution in [3.63, 3.8) is 0 Å². The lowest BCUT2D eigenvalue weighted by Crippen LogP contribution is -2.17. The monoisotopic (exact) mass is 501 g/mol. The van der Waals surface area contributed by atoms with Crippen LogP contribution in [0.3, 0.4) is 0 Å². The highest BCUT2D eigenvalue weighted by atomic mass is 127. The number of hydrazone groups is 1. The van der Waals surface area contributed by atoms with Gasteiger partial charge in [0.05, 0.1) is 16.9 Å². The number of hydrogen-bond donors (Lipinski definition) is 1. The Morgan fingerprint density at radius 3 is 2.59 bits per heavy atom. The second kappa shape index (κ2) is 8.82. The van der Waals surface area contributed by atoms with E-state index in [-0.39, 0.29) is 5.91 Å². The van der Waals surface area contributed by atoms with Crippen molar-refractivity contribution >= 4 is 34.7 Å². The molecule has 1 aromatic heterocycles. The number of nitrogens with one attached hydrogen (secondary N) is 1. The summed E-state index contributed by atoms with van der Waals surface area (Å²) in [6.07, 6.45) is 1.69. The van der Waals surface area contributed by atoms with Gasteiger partial charge in [-0.3, -0.25) is 4.79 Å². The van der Waals surface area contributed by atoms with Crippen LogP contribution in [0.15, 0.2) is 47.6 Å². The molecule has 0 aliphatic heterocycles. The number of rotatable bonds is 5. The molecule has 3 rings (SSSR count). The van der Waals surface area contributed by atoms with Gasteiger partial charge in [-0.25, -0.2) is 5.43 Å². The van der Waals surface area contributed by atoms with Gasteiger partial charge in [-0.15, -0.1) is 0 Å². The molecule has 3 aromatic rings. The molecule has 6 heteroatoms. The topological polar surface area (TPSA) is 55.6 Å². The number of carbonyl (C=O) groups excluding carboxylic acids is 1. The van der Waals surface area contributed by atoms with Crippen LogP contribution in [-0.2, 0) is 0 Å². The zero-order valence-electron chi connectivity index (χ0n) is 17.2. The van der Waals surface area contributed by atoms with Crippen LogP contribution in [0.1, 0.15) is 38.4 Å². The molecule has 0 fully saturated rings. The Morgan fingerprint density at radius 2 is 1.86 bits per heavy atom. The van der Waals surface area contributed by atoms with Gasteiger partial charge in [-0.05, 0) is 91.7 Å². The molecule has 1 heterocycles. The first-order chi connectivity index (χ1) is 13.8. The van der Waals surface area contributed by atoms with Gasteiger partial charge < -0.3 is 9.30 Å². The van der Waals surface area contributed by atoms with E-state index in [1.54, 1.807) is 25.5 Å². The van der Waals surface area contributed by atoms with Crippen molar-refractivity contribution in [1.82, 2.24) is 9.99 Å². The second-order valence-corrected chi connectivity index (χ2v) is 8.16. The minimum atomic E-state index is -0.278. The molecule has 1 amide bonds. The predicted octanol–water partition coefficient (Wildman–Crippen LogP) is 5.09. The third kappa shape index (κ3) is 4.53. The highest BCUT2D eigenvalue weighted by Gasteiger charge is 2.12. The van der Waals surface area contributed by atoms with E-state index in [4.69, 9.17) is 4.74 Å². The van der Waals surface area contributed by atoms with Gasteiger partial charge in [0.2, 0.25) is 0 Å². The zero-order chi connectivity index (χ0) is 21.1. The molecular formula is C23H24IN3O2. The van der Waals surface area contributed by atoms with E-state index in [9.17, 15) is 4.79 Å². The fourth-order valence-corrected chi connectivity index (χ4v) is 3.83. The molecule has 0 spiro atoms. The van der Waals surface area contributed by atoms with Crippen LogP contribution in [0.5, 0.6) is 5.75 Å². The summed E-state index contributed by atoms with van der Waals surface area (Å²) in [6, 6.07) is 13.8. The molecule has 2 aromatic carbocycles. The molecule has 0 saturated carbocycles. The van der Waals surface area contributed by atoms with Crippen molar-refractivity contribution in [2.75, 3.05) is 7.11 Å². The maximum absolute atomic E-state index is 12.4. The summed E-state index contributed by atoms with van der Waals surface area (Å²) in [6.45, 7) is 8.33. The van der Waals surface area contributed by atoms with Crippen LogP contribution in [0.4, 0.5) is 0 Å². The van der Waals surface area contributed by atoms with Gasteiger partial charge in [0.1, 0.15) is 5.75 Å². The second-order valence-electron chi connectivity index (χ2n) is 7.00. The van der Waals surface area contributed by atoms with Crippen LogP contribution >= 0.6 is 22.6 Å². The quantitative estimate of drug-likeness (QED) is 0.301. The van der Waals surface area contributed by atoms with Crippen molar-refractivity contribution in [2.24, 2.45) is 5.10 Å². The Bertz CT molecular complexity index is 1100. The average Bonchev–Trinajstić information content (AvgIpc) is 2.97. The molecule has 0 aliphatic rings. The van der Waals surface area contributed by atoms with Crippen LogP contribution in [-0.4, -0.2) is 23.8 Å². The van der Waals surface area contributed by atoms with Crippen molar-refractivity contribution in [1.29, 1.82) is 0 Å². The van der Waals surface area contributed by atoms with Gasteiger partial charge >= 0.3 is 0 Å². The van der Waals surface area contributed by atoms with E-state index >= 15 is 0 Å². The Kier molecular flexibility index (Phi) is 6.42. The van der Waals surface area contributed by atoms with Crippen molar-refractivity contribution in [3.05, 3.63) is 79.7 Å². The largest absolute Gasteiger partial charge is 0.496 e. The molecule has 0 radical (unpaired) electrons. The molecule has 150 valence electrons. The molecular weight excluding hydrogens is 477 g/mol. The average molecular weight is 501 g/mol. The summed E-state index contributed by atoms with van der Waals surface area (Å²) in [5.41, 5.74) is 9.84. The predicted molar refractivity (Wildman–Crippen MR) is 125 cm³/mol. The Hall–Kier alpha value is -2.61. The van der Waals surface area contributed by atoms with Crippen molar-refractivity contribution in [2.45, 2.75) is 27.7 Å². The Balaban J connectivity index is 1.82. The summed E-state index contributed by atoms with van der Waals surface area (Å²) < 4.78 is 8.44. The van der Waals surface area contributed by atoms with E-state index in [2.05, 4.69) is 89.6 Å². The third-order valence-electron chi connectivity index (χ3n) is 4.86. The number of benzene rings is 2. The minimum absolute atomic E-state index is 0.278. The molecule has 29 heavy (non-hydrogen) atoms. The Morgan fingerprint density at radius 1 is 1.10 bits per heavy atom. The number of halogens is 1. The lowest BCUT2D eigenvalue weighted by atomic mass is 10.1. The molecule has 0 unspecified atom stereocenters. The first-order valence-electron chi connectivity index (χ1n) is 9.25. The van der Waals surface area contributed by atoms with E-state index in [0.717, 1.165) is 26.2 Å². The molecule has 0 atom stereocenters. The normalized spacial score (nSPS) is 11.1. The van der Waals surface area contributed by atoms with Gasteiger partial charge in [-0.1, -0.05) is 12.1 Å². The fourth-order valence-electron chi connectivity index (χ4n) is 3.28. The first kappa shape index (κ1) is 21.1. The van der Waals surface area contributed by atoms with E-state index < -0.39 is 0 Å². The molecule has 5 nitrogen and oxygen atoms in total. The Labute approximate surface area is 184 Å². The van der Waals surface area contributed by atoms with E-state index in [0.29, 0.717) is 11.3 Å². The lowest BCUT2D eigenvalue weighted by molar-refractivity contribution is 0.0954. The summed E-state index contributed by atoms with van der Waals surface area (Å²) >= 11 is 2.17. The maximum atomic E-state index is 12.4. The fraction of sp³-hybridized carbons (Fsp3) is 0.217. The van der Waals surface area contributed by atoms with Crippen LogP contribution < -0.4 is 10.2 Å². The van der Waals surface area contributed by atoms with Gasteiger partial charge in [-0.2, -0.15) is 5.10 Å². The number of methoxy groups -OCH3 is 1. The lowest BCUT2D eigenvalue weighted by Gasteiger charge is -2.13. The number of hydrogen-bond acceptors (Lipinski definition) is 3. The first-order valence-corrected chi connectivity index (χ1v) is 10.3. The van der Waals surface area contributed by atoms with Crippen molar-refractivity contribution < 1.29 is 9.53 Å². The summed E-state index contributed by atoms with van der Waals surface area (Å²) in [4.78, 5) is 12.4. The number of nitrogens with zero attached hydrogens (tertiary/aromatic N) is 2. The number of ether oxygens (including phenoxy) is 1. The van der Waals surface area contributed by atoms with Crippen LogP contribution in [0, 0.1) is 31.3 Å². The van der Waals surface area contributed by atoms with Gasteiger partial charge in [0.25, 0.3) is 5.91 Å². The molecule has 0 bridgehead atoms. The number of aryl methyl sites for hydroxylation is 3. The SMILES string of the molecule is COc1cc(C(=O)N/N=C\c2cc(C)n(-c3cc(C)ccc3C)c2C)ccc1I. The van der Waals surface area contributed by atoms with Crippen LogP contribution in [0.2, 0.25) is 0 Å². The van der Waals surface area contributed by atoms with E-state index in [1.807, 2.05) is 6.07 Å². The number of aromatic nitrogens is 1. The van der Waals surface area contributed by atoms with Gasteiger partial charge in [0, 0.05) is 28.2 Å². The zero-order valence-corrected chi connectivity index (χ0v) is 19.4. The smallest absolute Gasteiger partial charge is 0.271 e. The van der Waals surface area contributed by atoms with Gasteiger partial charge in [0.15, 0.2) is 0 Å². The molecule has 0 aliphatic carbocycles. The summed E-state index contributed by atoms with van der Waals surface area (Å²) in [5, 5.41) is 4.16. The van der Waals surface area contributed by atoms with Crippen molar-refractivity contribution in [3.8, 4) is 11.4 Å². The summed E-state index contributed by atoms with van der Waals surface area (Å²) in [5.74, 6) is 0.388. The number of amides is 1. The summed E-state index contributed by atoms with van der Waals surface area (Å²) in [7, 11) is 1.59. The maximum Gasteiger partial charge on any atom is 0.271 e. The minimum Gasteiger partial charge on any atom is -0.496 e. The van der Waals surface area contributed by atoms with Crippen LogP contribution in [0.25, 0.3) is 5.69 Å². The molecule has 0 saturated heterocycles. The standard InChI is InChI=1S/C23H24IN3O2/c1-14-6-7-15(2)21(10-14)27-16(3)11-19(17(27)4)13-25-26-23(28)18-8-9-20(24)22(12-18)29-5/h6-13H,1-5H3,(H,26,28)/b25-13-. The third-order valence-corrected chi connectivity index (χ3v) is 5.75. The highest BCUT2D eigenvalue weighted by molar-refractivity contribution is 14.1. The number of carbonyl (C=O) groups is 1. The highest BCUT2D eigenvalue weighted by Crippen LogP contribution is 2.24. The molecule has 1 N–H and O–H groups in total.